The van der Waals surface area contributed by atoms with E-state index in [0.29, 0.717) is 0 Å². The molecule has 0 aliphatic carbocycles. The van der Waals surface area contributed by atoms with Gasteiger partial charge in [0.2, 0.25) is 6.04 Å². The van der Waals surface area contributed by atoms with E-state index in [9.17, 15) is 0 Å². The van der Waals surface area contributed by atoms with Gasteiger partial charge in [0.15, 0.2) is 0 Å². The van der Waals surface area contributed by atoms with E-state index in [2.05, 4.69) is 4.85 Å². The minimum atomic E-state index is -0.0965. The Morgan fingerprint density at radius 1 is 0.941 bits per heavy atom. The van der Waals surface area contributed by atoms with Crippen LogP contribution in [0.15, 0.2) is 54.6 Å². The highest BCUT2D eigenvalue weighted by molar-refractivity contribution is 5.34. The molecule has 2 rings (SSSR count). The van der Waals surface area contributed by atoms with Crippen molar-refractivity contribution in [2.75, 3.05) is 0 Å². The van der Waals surface area contributed by atoms with Crippen molar-refractivity contribution in [3.63, 3.8) is 0 Å². The van der Waals surface area contributed by atoms with Gasteiger partial charge in [0.25, 0.3) is 0 Å². The second-order valence-electron chi connectivity index (χ2n) is 3.79. The molecule has 84 valence electrons. The van der Waals surface area contributed by atoms with Crippen LogP contribution in [0.25, 0.3) is 4.85 Å². The van der Waals surface area contributed by atoms with Crippen LogP contribution in [0.4, 0.5) is 0 Å². The Bertz CT molecular complexity index is 511. The van der Waals surface area contributed by atoms with E-state index in [1.807, 2.05) is 61.5 Å². The first-order valence-electron chi connectivity index (χ1n) is 5.49. The van der Waals surface area contributed by atoms with Crippen LogP contribution in [0.5, 0.6) is 11.5 Å². The third-order valence-corrected chi connectivity index (χ3v) is 2.54. The number of hydrogen-bond acceptors (Lipinski definition) is 1. The number of benzene rings is 2. The monoisotopic (exact) mass is 223 g/mol. The van der Waals surface area contributed by atoms with E-state index in [1.165, 1.54) is 0 Å². The van der Waals surface area contributed by atoms with Gasteiger partial charge >= 0.3 is 0 Å². The number of hydrogen-bond donors (Lipinski definition) is 0. The lowest BCUT2D eigenvalue weighted by atomic mass is 10.1. The van der Waals surface area contributed by atoms with Gasteiger partial charge in [-0.1, -0.05) is 18.2 Å². The summed E-state index contributed by atoms with van der Waals surface area (Å²) in [4.78, 5) is 3.48. The number of rotatable bonds is 3. The molecule has 0 bridgehead atoms. The highest BCUT2D eigenvalue weighted by atomic mass is 16.5. The number of nitrogens with zero attached hydrogens (tertiary/aromatic N) is 1. The molecule has 0 spiro atoms. The van der Waals surface area contributed by atoms with Gasteiger partial charge in [-0.15, -0.1) is 0 Å². The van der Waals surface area contributed by atoms with E-state index < -0.39 is 0 Å². The molecule has 0 saturated carbocycles. The van der Waals surface area contributed by atoms with Crippen LogP contribution in [0.3, 0.4) is 0 Å². The summed E-state index contributed by atoms with van der Waals surface area (Å²) in [6, 6.07) is 17.2. The van der Waals surface area contributed by atoms with Gasteiger partial charge in [-0.2, -0.15) is 0 Å². The molecule has 0 N–H and O–H groups in total. The Morgan fingerprint density at radius 2 is 1.53 bits per heavy atom. The molecule has 17 heavy (non-hydrogen) atoms. The molecule has 0 fully saturated rings. The quantitative estimate of drug-likeness (QED) is 0.700. The van der Waals surface area contributed by atoms with E-state index in [1.54, 1.807) is 0 Å². The SMILES string of the molecule is [C-]#[N+]C(C)c1ccc(Oc2ccccc2)cc1. The van der Waals surface area contributed by atoms with Gasteiger partial charge < -0.3 is 9.58 Å². The van der Waals surface area contributed by atoms with Crippen LogP contribution in [-0.2, 0) is 0 Å². The Kier molecular flexibility index (Phi) is 3.42. The van der Waals surface area contributed by atoms with Crippen LogP contribution in [0.1, 0.15) is 18.5 Å². The predicted molar refractivity (Wildman–Crippen MR) is 68.0 cm³/mol. The first-order valence-corrected chi connectivity index (χ1v) is 5.49. The summed E-state index contributed by atoms with van der Waals surface area (Å²) in [6.07, 6.45) is 0. The molecular formula is C15H13NO. The van der Waals surface area contributed by atoms with E-state index in [0.717, 1.165) is 17.1 Å². The van der Waals surface area contributed by atoms with E-state index in [4.69, 9.17) is 11.3 Å². The van der Waals surface area contributed by atoms with Gasteiger partial charge in [0.05, 0.1) is 0 Å². The molecule has 0 saturated heterocycles. The molecule has 0 aliphatic rings. The van der Waals surface area contributed by atoms with Crippen molar-refractivity contribution in [2.24, 2.45) is 0 Å². The lowest BCUT2D eigenvalue weighted by Crippen LogP contribution is -1.88. The second kappa shape index (κ2) is 5.18. The zero-order valence-electron chi connectivity index (χ0n) is 9.63. The third-order valence-electron chi connectivity index (χ3n) is 2.54. The average molecular weight is 223 g/mol. The summed E-state index contributed by atoms with van der Waals surface area (Å²) in [7, 11) is 0. The van der Waals surface area contributed by atoms with Gasteiger partial charge in [-0.3, -0.25) is 0 Å². The van der Waals surface area contributed by atoms with Crippen molar-refractivity contribution < 1.29 is 4.74 Å². The van der Waals surface area contributed by atoms with Gasteiger partial charge in [0.1, 0.15) is 11.5 Å². The Balaban J connectivity index is 2.12. The largest absolute Gasteiger partial charge is 0.457 e. The number of ether oxygens (including phenoxy) is 1. The lowest BCUT2D eigenvalue weighted by Gasteiger charge is -2.06. The first-order chi connectivity index (χ1) is 8.29. The molecule has 1 unspecified atom stereocenters. The van der Waals surface area contributed by atoms with Gasteiger partial charge in [-0.05, 0) is 36.4 Å². The van der Waals surface area contributed by atoms with Crippen LogP contribution in [-0.4, -0.2) is 0 Å². The van der Waals surface area contributed by atoms with Crippen molar-refractivity contribution in [1.82, 2.24) is 0 Å². The molecule has 2 nitrogen and oxygen atoms in total. The maximum absolute atomic E-state index is 6.97. The Morgan fingerprint density at radius 3 is 2.12 bits per heavy atom. The molecule has 2 aromatic carbocycles. The highest BCUT2D eigenvalue weighted by Crippen LogP contribution is 2.24. The third kappa shape index (κ3) is 2.85. The zero-order valence-corrected chi connectivity index (χ0v) is 9.63. The topological polar surface area (TPSA) is 13.6 Å². The molecule has 1 atom stereocenters. The predicted octanol–water partition coefficient (Wildman–Crippen LogP) is 4.46. The van der Waals surface area contributed by atoms with Crippen molar-refractivity contribution in [3.05, 3.63) is 71.6 Å². The maximum atomic E-state index is 6.97. The summed E-state index contributed by atoms with van der Waals surface area (Å²) >= 11 is 0. The van der Waals surface area contributed by atoms with Gasteiger partial charge in [0, 0.05) is 12.5 Å². The molecule has 0 aliphatic heterocycles. The van der Waals surface area contributed by atoms with Crippen molar-refractivity contribution >= 4 is 0 Å². The van der Waals surface area contributed by atoms with Crippen LogP contribution in [0.2, 0.25) is 0 Å². The average Bonchev–Trinajstić information content (AvgIpc) is 2.40. The highest BCUT2D eigenvalue weighted by Gasteiger charge is 2.07. The van der Waals surface area contributed by atoms with Gasteiger partial charge in [-0.25, -0.2) is 6.57 Å². The summed E-state index contributed by atoms with van der Waals surface area (Å²) in [5.41, 5.74) is 1.01. The summed E-state index contributed by atoms with van der Waals surface area (Å²) in [5.74, 6) is 1.61. The molecule has 0 heterocycles. The lowest BCUT2D eigenvalue weighted by molar-refractivity contribution is 0.482. The smallest absolute Gasteiger partial charge is 0.245 e. The van der Waals surface area contributed by atoms with Crippen LogP contribution < -0.4 is 4.74 Å². The first kappa shape index (κ1) is 11.2. The van der Waals surface area contributed by atoms with Crippen LogP contribution >= 0.6 is 0 Å². The minimum Gasteiger partial charge on any atom is -0.457 e. The molecular weight excluding hydrogens is 210 g/mol. The fourth-order valence-electron chi connectivity index (χ4n) is 1.51. The molecule has 2 heteroatoms. The van der Waals surface area contributed by atoms with Crippen molar-refractivity contribution in [3.8, 4) is 11.5 Å². The molecule has 2 aromatic rings. The van der Waals surface area contributed by atoms with E-state index >= 15 is 0 Å². The fraction of sp³-hybridized carbons (Fsp3) is 0.133. The van der Waals surface area contributed by atoms with E-state index in [-0.39, 0.29) is 6.04 Å². The molecule has 0 radical (unpaired) electrons. The number of para-hydroxylation sites is 1. The Labute approximate surface area is 101 Å². The summed E-state index contributed by atoms with van der Waals surface area (Å²) in [6.45, 7) is 8.86. The molecule has 0 amide bonds. The Hall–Kier alpha value is -2.27. The van der Waals surface area contributed by atoms with Crippen molar-refractivity contribution in [2.45, 2.75) is 13.0 Å². The zero-order chi connectivity index (χ0) is 12.1. The standard InChI is InChI=1S/C15H13NO/c1-12(16-2)13-8-10-15(11-9-13)17-14-6-4-3-5-7-14/h3-12H,1H3. The normalized spacial score (nSPS) is 11.5. The second-order valence-corrected chi connectivity index (χ2v) is 3.79. The van der Waals surface area contributed by atoms with Crippen LogP contribution in [0, 0.1) is 6.57 Å². The maximum Gasteiger partial charge on any atom is 0.245 e. The summed E-state index contributed by atoms with van der Waals surface area (Å²) < 4.78 is 5.67. The molecule has 0 aromatic heterocycles. The van der Waals surface area contributed by atoms with Crippen molar-refractivity contribution in [1.29, 1.82) is 0 Å². The minimum absolute atomic E-state index is 0.0965. The fourth-order valence-corrected chi connectivity index (χ4v) is 1.51. The summed E-state index contributed by atoms with van der Waals surface area (Å²) in [5, 5.41) is 0.